The molecule has 0 aliphatic rings. The molecule has 0 heterocycles. The molecule has 0 radical (unpaired) electrons. The van der Waals surface area contributed by atoms with Crippen LogP contribution in [0.4, 0.5) is 0 Å². The quantitative estimate of drug-likeness (QED) is 0.521. The van der Waals surface area contributed by atoms with Crippen LogP contribution in [-0.4, -0.2) is 28.6 Å². The molecule has 3 nitrogen and oxygen atoms in total. The minimum atomic E-state index is -0.0263. The normalized spacial score (nSPS) is 10.4. The van der Waals surface area contributed by atoms with Gasteiger partial charge in [-0.1, -0.05) is 17.1 Å². The van der Waals surface area contributed by atoms with Crippen LogP contribution in [-0.2, 0) is 0 Å². The summed E-state index contributed by atoms with van der Waals surface area (Å²) in [5.41, 5.74) is 4.78. The number of hydrogen-bond donors (Lipinski definition) is 0. The van der Waals surface area contributed by atoms with E-state index in [4.69, 9.17) is 9.47 Å². The summed E-state index contributed by atoms with van der Waals surface area (Å²) >= 11 is 0. The number of ketones is 1. The third kappa shape index (κ3) is 3.83. The fourth-order valence-corrected chi connectivity index (χ4v) is 2.75. The van der Waals surface area contributed by atoms with E-state index in [0.29, 0.717) is 16.9 Å². The van der Waals surface area contributed by atoms with Gasteiger partial charge in [0.1, 0.15) is 32.9 Å². The van der Waals surface area contributed by atoms with Crippen molar-refractivity contribution >= 4 is 32.4 Å². The van der Waals surface area contributed by atoms with Gasteiger partial charge in [-0.05, 0) is 67.0 Å². The van der Waals surface area contributed by atoms with Crippen molar-refractivity contribution in [1.29, 1.82) is 0 Å². The third-order valence-corrected chi connectivity index (χ3v) is 4.49. The van der Waals surface area contributed by atoms with Gasteiger partial charge in [-0.3, -0.25) is 4.79 Å². The van der Waals surface area contributed by atoms with Crippen LogP contribution in [0.15, 0.2) is 60.7 Å². The van der Waals surface area contributed by atoms with Gasteiger partial charge < -0.3 is 9.47 Å². The molecular weight excluding hydrogens is 322 g/mol. The Bertz CT molecular complexity index is 933. The standard InChI is InChI=1S/C21H20B2O3/c1-13-11-19(23)20(12-18(13)22)26-17-9-5-15(6-10-17)21(24)14-3-7-16(25-2)8-4-14/h3-12H,22-23H2,1-2H3. The summed E-state index contributed by atoms with van der Waals surface area (Å²) < 4.78 is 11.1. The van der Waals surface area contributed by atoms with Gasteiger partial charge in [0.25, 0.3) is 0 Å². The second-order valence-electron chi connectivity index (χ2n) is 6.39. The highest BCUT2D eigenvalue weighted by atomic mass is 16.5. The number of rotatable bonds is 5. The highest BCUT2D eigenvalue weighted by Crippen LogP contribution is 2.21. The van der Waals surface area contributed by atoms with E-state index in [0.717, 1.165) is 17.0 Å². The second-order valence-corrected chi connectivity index (χ2v) is 6.39. The summed E-state index contributed by atoms with van der Waals surface area (Å²) in [5, 5.41) is 0. The molecule has 0 bridgehead atoms. The number of methoxy groups -OCH3 is 1. The van der Waals surface area contributed by atoms with Crippen molar-refractivity contribution in [2.24, 2.45) is 0 Å². The molecule has 0 N–H and O–H groups in total. The van der Waals surface area contributed by atoms with Gasteiger partial charge >= 0.3 is 0 Å². The van der Waals surface area contributed by atoms with Crippen LogP contribution in [0, 0.1) is 6.92 Å². The zero-order chi connectivity index (χ0) is 18.7. The number of carbonyl (C=O) groups excluding carboxylic acids is 1. The number of benzene rings is 3. The van der Waals surface area contributed by atoms with Gasteiger partial charge in [-0.15, -0.1) is 0 Å². The van der Waals surface area contributed by atoms with Crippen molar-refractivity contribution in [3.63, 3.8) is 0 Å². The van der Waals surface area contributed by atoms with Crippen LogP contribution in [0.1, 0.15) is 21.5 Å². The van der Waals surface area contributed by atoms with E-state index < -0.39 is 0 Å². The molecule has 0 spiro atoms. The predicted octanol–water partition coefficient (Wildman–Crippen LogP) is 1.54. The zero-order valence-electron chi connectivity index (χ0n) is 15.5. The summed E-state index contributed by atoms with van der Waals surface area (Å²) in [6.07, 6.45) is 0. The van der Waals surface area contributed by atoms with Crippen LogP contribution < -0.4 is 20.4 Å². The molecule has 0 atom stereocenters. The van der Waals surface area contributed by atoms with E-state index in [2.05, 4.69) is 20.8 Å². The summed E-state index contributed by atoms with van der Waals surface area (Å²) in [6.45, 7) is 2.09. The van der Waals surface area contributed by atoms with Gasteiger partial charge in [0.15, 0.2) is 5.78 Å². The molecule has 0 fully saturated rings. The van der Waals surface area contributed by atoms with Crippen molar-refractivity contribution in [2.45, 2.75) is 6.92 Å². The highest BCUT2D eigenvalue weighted by Gasteiger charge is 2.10. The Hall–Kier alpha value is -2.94. The fourth-order valence-electron chi connectivity index (χ4n) is 2.75. The molecule has 26 heavy (non-hydrogen) atoms. The molecule has 3 aromatic carbocycles. The van der Waals surface area contributed by atoms with Crippen molar-refractivity contribution in [1.82, 2.24) is 0 Å². The van der Waals surface area contributed by atoms with E-state index in [1.54, 1.807) is 43.5 Å². The zero-order valence-corrected chi connectivity index (χ0v) is 15.5. The van der Waals surface area contributed by atoms with Crippen LogP contribution in [0.3, 0.4) is 0 Å². The molecule has 0 unspecified atom stereocenters. The monoisotopic (exact) mass is 342 g/mol. The Morgan fingerprint density at radius 2 is 1.35 bits per heavy atom. The first-order chi connectivity index (χ1) is 12.5. The maximum atomic E-state index is 12.6. The summed E-state index contributed by atoms with van der Waals surface area (Å²) in [6, 6.07) is 18.5. The van der Waals surface area contributed by atoms with Gasteiger partial charge in [-0.25, -0.2) is 0 Å². The van der Waals surface area contributed by atoms with Gasteiger partial charge in [-0.2, -0.15) is 0 Å². The van der Waals surface area contributed by atoms with E-state index in [9.17, 15) is 4.79 Å². The van der Waals surface area contributed by atoms with Crippen LogP contribution in [0.2, 0.25) is 0 Å². The van der Waals surface area contributed by atoms with E-state index in [1.165, 1.54) is 11.0 Å². The predicted molar refractivity (Wildman–Crippen MR) is 110 cm³/mol. The average Bonchev–Trinajstić information content (AvgIpc) is 2.66. The van der Waals surface area contributed by atoms with E-state index in [1.807, 2.05) is 26.0 Å². The molecule has 3 aromatic rings. The second kappa shape index (κ2) is 7.52. The number of carbonyl (C=O) groups is 1. The number of aryl methyl sites for hydroxylation is 1. The first kappa shape index (κ1) is 17.9. The molecule has 0 aromatic heterocycles. The lowest BCUT2D eigenvalue weighted by atomic mass is 9.84. The summed E-state index contributed by atoms with van der Waals surface area (Å²) in [5.74, 6) is 2.25. The molecular formula is C21H20B2O3. The topological polar surface area (TPSA) is 35.5 Å². The fraction of sp³-hybridized carbons (Fsp3) is 0.0952. The summed E-state index contributed by atoms with van der Waals surface area (Å²) in [4.78, 5) is 12.6. The molecule has 0 saturated carbocycles. The molecule has 0 saturated heterocycles. The summed E-state index contributed by atoms with van der Waals surface area (Å²) in [7, 11) is 5.70. The largest absolute Gasteiger partial charge is 0.497 e. The van der Waals surface area contributed by atoms with Gasteiger partial charge in [0.2, 0.25) is 0 Å². The van der Waals surface area contributed by atoms with Crippen molar-refractivity contribution in [3.8, 4) is 17.2 Å². The van der Waals surface area contributed by atoms with Crippen molar-refractivity contribution in [2.75, 3.05) is 7.11 Å². The molecule has 0 aliphatic carbocycles. The maximum absolute atomic E-state index is 12.6. The molecule has 3 rings (SSSR count). The number of hydrogen-bond acceptors (Lipinski definition) is 3. The molecule has 5 heteroatoms. The van der Waals surface area contributed by atoms with E-state index >= 15 is 0 Å². The Labute approximate surface area is 155 Å². The molecule has 0 aliphatic heterocycles. The lowest BCUT2D eigenvalue weighted by Crippen LogP contribution is -2.16. The first-order valence-electron chi connectivity index (χ1n) is 8.52. The smallest absolute Gasteiger partial charge is 0.193 e. The highest BCUT2D eigenvalue weighted by molar-refractivity contribution is 6.37. The number of ether oxygens (including phenoxy) is 2. The van der Waals surface area contributed by atoms with Crippen molar-refractivity contribution in [3.05, 3.63) is 77.4 Å². The van der Waals surface area contributed by atoms with Crippen molar-refractivity contribution < 1.29 is 14.3 Å². The Balaban J connectivity index is 1.77. The SMILES string of the molecule is Bc1cc(Oc2ccc(C(=O)c3ccc(OC)cc3)cc2)c(B)cc1C. The molecule has 128 valence electrons. The van der Waals surface area contributed by atoms with Crippen LogP contribution in [0.25, 0.3) is 0 Å². The van der Waals surface area contributed by atoms with Crippen LogP contribution in [0.5, 0.6) is 17.2 Å². The molecule has 0 amide bonds. The Morgan fingerprint density at radius 1 is 0.808 bits per heavy atom. The lowest BCUT2D eigenvalue weighted by molar-refractivity contribution is 0.103. The minimum Gasteiger partial charge on any atom is -0.497 e. The van der Waals surface area contributed by atoms with E-state index in [-0.39, 0.29) is 5.78 Å². The van der Waals surface area contributed by atoms with Crippen LogP contribution >= 0.6 is 0 Å². The maximum Gasteiger partial charge on any atom is 0.193 e. The lowest BCUT2D eigenvalue weighted by Gasteiger charge is -2.12. The first-order valence-corrected chi connectivity index (χ1v) is 8.52. The van der Waals surface area contributed by atoms with Gasteiger partial charge in [0, 0.05) is 11.1 Å². The Morgan fingerprint density at radius 3 is 1.88 bits per heavy atom. The third-order valence-electron chi connectivity index (χ3n) is 4.49. The van der Waals surface area contributed by atoms with Gasteiger partial charge in [0.05, 0.1) is 7.11 Å². The average molecular weight is 342 g/mol. The Kier molecular flexibility index (Phi) is 5.17. The minimum absolute atomic E-state index is 0.0263.